The van der Waals surface area contributed by atoms with Crippen molar-refractivity contribution in [3.63, 3.8) is 0 Å². The summed E-state index contributed by atoms with van der Waals surface area (Å²) in [6, 6.07) is 7.45. The number of piperidine rings is 1. The smallest absolute Gasteiger partial charge is 0.355 e. The summed E-state index contributed by atoms with van der Waals surface area (Å²) in [5.41, 5.74) is 1.22. The van der Waals surface area contributed by atoms with Crippen LogP contribution in [0.2, 0.25) is 23.2 Å². The first kappa shape index (κ1) is 34.1. The average molecular weight is 668 g/mol. The number of pyridine rings is 2. The number of hydrogen-bond donors (Lipinski definition) is 0. The lowest BCUT2D eigenvalue weighted by molar-refractivity contribution is 0.292. The number of rotatable bonds is 8. The SMILES string of the molecule is CC(C)c1nccc(CCO[Si](C)(C)C(C)(C)C)c1-n1c(=O)nc(N2CCCC[C@@H]2C)c2cc(F)c(-c3c(F)cccc3Cl)nc21. The number of benzene rings is 1. The lowest BCUT2D eigenvalue weighted by Gasteiger charge is -2.36. The molecule has 0 amide bonds. The van der Waals surface area contributed by atoms with Crippen molar-refractivity contribution in [3.05, 3.63) is 74.9 Å². The highest BCUT2D eigenvalue weighted by atomic mass is 35.5. The molecule has 7 nitrogen and oxygen atoms in total. The standard InChI is InChI=1S/C35H44ClF2N5O2Si/c1-21(2)29-31(23(15-17-39-29)16-19-45-46(7,8)35(4,5)6)43-33-24(32(41-34(43)44)42-18-10-9-12-22(42)3)20-27(38)30(40-33)28-25(36)13-11-14-26(28)37/h11,13-15,17,20-22H,9-10,12,16,18-19H2,1-8H3/t22-/m0/s1. The fraction of sp³-hybridized carbons (Fsp3) is 0.486. The van der Waals surface area contributed by atoms with E-state index in [1.165, 1.54) is 28.8 Å². The number of hydrogen-bond acceptors (Lipinski definition) is 6. The van der Waals surface area contributed by atoms with Gasteiger partial charge in [-0.25, -0.2) is 23.1 Å². The Balaban J connectivity index is 1.80. The van der Waals surface area contributed by atoms with Crippen molar-refractivity contribution in [3.8, 4) is 16.9 Å². The average Bonchev–Trinajstić information content (AvgIpc) is 2.97. The normalized spacial score (nSPS) is 16.1. The van der Waals surface area contributed by atoms with Gasteiger partial charge in [-0.3, -0.25) is 4.98 Å². The van der Waals surface area contributed by atoms with Crippen LogP contribution in [0.3, 0.4) is 0 Å². The number of halogens is 3. The third kappa shape index (κ3) is 6.48. The van der Waals surface area contributed by atoms with Gasteiger partial charge in [0.1, 0.15) is 17.3 Å². The molecule has 0 bridgehead atoms. The van der Waals surface area contributed by atoms with Gasteiger partial charge in [-0.05, 0) is 86.5 Å². The Labute approximate surface area is 276 Å². The molecule has 1 aliphatic heterocycles. The zero-order valence-electron chi connectivity index (χ0n) is 28.0. The number of anilines is 1. The fourth-order valence-corrected chi connectivity index (χ4v) is 7.16. The van der Waals surface area contributed by atoms with Crippen molar-refractivity contribution in [2.45, 2.75) is 97.3 Å². The van der Waals surface area contributed by atoms with Gasteiger partial charge in [-0.2, -0.15) is 4.98 Å². The second-order valence-corrected chi connectivity index (χ2v) is 19.3. The van der Waals surface area contributed by atoms with Gasteiger partial charge in [0, 0.05) is 25.4 Å². The molecular formula is C35H44ClF2N5O2Si. The summed E-state index contributed by atoms with van der Waals surface area (Å²) in [4.78, 5) is 30.4. The maximum absolute atomic E-state index is 16.1. The molecule has 0 radical (unpaired) electrons. The van der Waals surface area contributed by atoms with E-state index in [-0.39, 0.29) is 38.9 Å². The van der Waals surface area contributed by atoms with Gasteiger partial charge in [-0.15, -0.1) is 0 Å². The van der Waals surface area contributed by atoms with Crippen LogP contribution in [-0.4, -0.2) is 47.0 Å². The van der Waals surface area contributed by atoms with Gasteiger partial charge in [0.05, 0.1) is 27.4 Å². The minimum absolute atomic E-state index is 0.0197. The molecule has 1 saturated heterocycles. The molecule has 1 atom stereocenters. The summed E-state index contributed by atoms with van der Waals surface area (Å²) in [5, 5.41) is 0.420. The van der Waals surface area contributed by atoms with Crippen LogP contribution >= 0.6 is 11.6 Å². The quantitative estimate of drug-likeness (QED) is 0.175. The lowest BCUT2D eigenvalue weighted by Crippen LogP contribution is -2.41. The van der Waals surface area contributed by atoms with E-state index in [9.17, 15) is 4.79 Å². The summed E-state index contributed by atoms with van der Waals surface area (Å²) in [5.74, 6) is -1.16. The summed E-state index contributed by atoms with van der Waals surface area (Å²) < 4.78 is 39.2. The Hall–Kier alpha value is -3.21. The number of aromatic nitrogens is 4. The fourth-order valence-electron chi connectivity index (χ4n) is 5.87. The molecule has 1 aliphatic rings. The minimum atomic E-state index is -2.04. The number of nitrogens with zero attached hydrogens (tertiary/aromatic N) is 5. The topological polar surface area (TPSA) is 73.1 Å². The minimum Gasteiger partial charge on any atom is -0.416 e. The summed E-state index contributed by atoms with van der Waals surface area (Å²) in [6.07, 6.45) is 5.15. The van der Waals surface area contributed by atoms with Crippen LogP contribution in [0, 0.1) is 11.6 Å². The molecule has 11 heteroatoms. The van der Waals surface area contributed by atoms with Gasteiger partial charge in [0.2, 0.25) is 0 Å². The van der Waals surface area contributed by atoms with E-state index in [0.29, 0.717) is 42.2 Å². The molecule has 0 N–H and O–H groups in total. The molecule has 1 fully saturated rings. The maximum Gasteiger partial charge on any atom is 0.355 e. The largest absolute Gasteiger partial charge is 0.416 e. The molecule has 0 saturated carbocycles. The second kappa shape index (κ2) is 13.1. The van der Waals surface area contributed by atoms with Crippen LogP contribution in [0.15, 0.2) is 41.3 Å². The van der Waals surface area contributed by atoms with Crippen LogP contribution < -0.4 is 10.6 Å². The van der Waals surface area contributed by atoms with Gasteiger partial charge in [-0.1, -0.05) is 52.3 Å². The zero-order valence-corrected chi connectivity index (χ0v) is 29.8. The van der Waals surface area contributed by atoms with E-state index in [1.54, 1.807) is 6.20 Å². The van der Waals surface area contributed by atoms with E-state index in [0.717, 1.165) is 24.8 Å². The van der Waals surface area contributed by atoms with Gasteiger partial charge in [0.25, 0.3) is 0 Å². The summed E-state index contributed by atoms with van der Waals surface area (Å²) in [6.45, 7) is 18.2. The first-order valence-electron chi connectivity index (χ1n) is 16.1. The molecule has 1 aromatic carbocycles. The maximum atomic E-state index is 16.1. The van der Waals surface area contributed by atoms with Gasteiger partial charge < -0.3 is 9.33 Å². The zero-order chi connectivity index (χ0) is 33.6. The third-order valence-electron chi connectivity index (χ3n) is 9.52. The highest BCUT2D eigenvalue weighted by Crippen LogP contribution is 2.38. The Bertz CT molecular complexity index is 1800. The first-order valence-corrected chi connectivity index (χ1v) is 19.4. The molecule has 5 rings (SSSR count). The Kier molecular flexibility index (Phi) is 9.74. The molecular weight excluding hydrogens is 624 g/mol. The van der Waals surface area contributed by atoms with Crippen molar-refractivity contribution in [2.75, 3.05) is 18.1 Å². The predicted octanol–water partition coefficient (Wildman–Crippen LogP) is 8.84. The first-order chi connectivity index (χ1) is 21.6. The van der Waals surface area contributed by atoms with Crippen LogP contribution in [0.1, 0.15) is 78.0 Å². The summed E-state index contributed by atoms with van der Waals surface area (Å²) in [7, 11) is -2.04. The molecule has 0 unspecified atom stereocenters. The van der Waals surface area contributed by atoms with Crippen LogP contribution in [0.4, 0.5) is 14.6 Å². The van der Waals surface area contributed by atoms with E-state index >= 15 is 8.78 Å². The summed E-state index contributed by atoms with van der Waals surface area (Å²) >= 11 is 6.41. The molecule has 246 valence electrons. The third-order valence-corrected chi connectivity index (χ3v) is 14.4. The predicted molar refractivity (Wildman–Crippen MR) is 185 cm³/mol. The molecule has 0 spiro atoms. The van der Waals surface area contributed by atoms with E-state index in [2.05, 4.69) is 50.7 Å². The molecule has 0 aliphatic carbocycles. The second-order valence-electron chi connectivity index (χ2n) is 14.1. The highest BCUT2D eigenvalue weighted by molar-refractivity contribution is 6.74. The van der Waals surface area contributed by atoms with Crippen molar-refractivity contribution in [2.24, 2.45) is 0 Å². The molecule has 4 aromatic rings. The number of fused-ring (bicyclic) bond motifs is 1. The Morgan fingerprint density at radius 1 is 1.11 bits per heavy atom. The molecule has 3 aromatic heterocycles. The molecule has 4 heterocycles. The highest BCUT2D eigenvalue weighted by Gasteiger charge is 2.37. The van der Waals surface area contributed by atoms with Gasteiger partial charge >= 0.3 is 5.69 Å². The van der Waals surface area contributed by atoms with Crippen molar-refractivity contribution in [1.82, 2.24) is 19.5 Å². The monoisotopic (exact) mass is 667 g/mol. The Morgan fingerprint density at radius 2 is 1.85 bits per heavy atom. The van der Waals surface area contributed by atoms with E-state index < -0.39 is 25.6 Å². The van der Waals surface area contributed by atoms with Crippen molar-refractivity contribution >= 4 is 36.8 Å². The van der Waals surface area contributed by atoms with E-state index in [1.807, 2.05) is 19.9 Å². The van der Waals surface area contributed by atoms with Crippen LogP contribution in [0.5, 0.6) is 0 Å². The Morgan fingerprint density at radius 3 is 2.50 bits per heavy atom. The van der Waals surface area contributed by atoms with Crippen molar-refractivity contribution < 1.29 is 13.2 Å². The molecule has 46 heavy (non-hydrogen) atoms. The lowest BCUT2D eigenvalue weighted by atomic mass is 10.0. The van der Waals surface area contributed by atoms with E-state index in [4.69, 9.17) is 26.0 Å². The van der Waals surface area contributed by atoms with Crippen LogP contribution in [-0.2, 0) is 10.8 Å². The van der Waals surface area contributed by atoms with Gasteiger partial charge in [0.15, 0.2) is 19.8 Å². The van der Waals surface area contributed by atoms with Crippen LogP contribution in [0.25, 0.3) is 28.0 Å². The van der Waals surface area contributed by atoms with Crippen molar-refractivity contribution in [1.29, 1.82) is 0 Å².